The van der Waals surface area contributed by atoms with Crippen molar-refractivity contribution in [1.29, 1.82) is 0 Å². The zero-order valence-electron chi connectivity index (χ0n) is 14.9. The van der Waals surface area contributed by atoms with Crippen LogP contribution in [-0.4, -0.2) is 11.0 Å². The van der Waals surface area contributed by atoms with E-state index in [-0.39, 0.29) is 12.2 Å². The highest BCUT2D eigenvalue weighted by atomic mass is 32.1. The lowest BCUT2D eigenvalue weighted by Gasteiger charge is -2.11. The van der Waals surface area contributed by atoms with Gasteiger partial charge < -0.3 is 4.74 Å². The lowest BCUT2D eigenvalue weighted by Crippen LogP contribution is -2.09. The minimum absolute atomic E-state index is 0.256. The molecule has 2 aromatic heterocycles. The van der Waals surface area contributed by atoms with E-state index in [0.717, 1.165) is 17.0 Å². The summed E-state index contributed by atoms with van der Waals surface area (Å²) in [6, 6.07) is 17.4. The second-order valence-corrected chi connectivity index (χ2v) is 7.27. The third-order valence-corrected chi connectivity index (χ3v) is 5.23. The van der Waals surface area contributed by atoms with Crippen molar-refractivity contribution in [2.45, 2.75) is 12.8 Å². The number of hydrogen-bond donors (Lipinski definition) is 0. The third kappa shape index (κ3) is 4.14. The number of hydrogen-bond acceptors (Lipinski definition) is 4. The number of carbonyl (C=O) groups excluding carboxylic acids is 1. The van der Waals surface area contributed by atoms with Crippen LogP contribution in [0.15, 0.2) is 72.1 Å². The second-order valence-electron chi connectivity index (χ2n) is 6.32. The van der Waals surface area contributed by atoms with Gasteiger partial charge in [0.15, 0.2) is 0 Å². The van der Waals surface area contributed by atoms with Gasteiger partial charge in [0, 0.05) is 5.39 Å². The van der Waals surface area contributed by atoms with Gasteiger partial charge in [0.1, 0.15) is 6.61 Å². The number of esters is 1. The van der Waals surface area contributed by atoms with Crippen molar-refractivity contribution in [2.24, 2.45) is 0 Å². The van der Waals surface area contributed by atoms with Crippen LogP contribution < -0.4 is 0 Å². The summed E-state index contributed by atoms with van der Waals surface area (Å²) in [5, 5.41) is 2.54. The first-order valence-corrected chi connectivity index (χ1v) is 9.57. The van der Waals surface area contributed by atoms with Crippen LogP contribution in [-0.2, 0) is 17.5 Å². The quantitative estimate of drug-likeness (QED) is 0.367. The van der Waals surface area contributed by atoms with E-state index in [1.165, 1.54) is 23.5 Å². The lowest BCUT2D eigenvalue weighted by atomic mass is 10.1. The Kier molecular flexibility index (Phi) is 5.07. The summed E-state index contributed by atoms with van der Waals surface area (Å²) < 4.78 is 43.9. The minimum Gasteiger partial charge on any atom is -0.457 e. The number of thiophene rings is 1. The van der Waals surface area contributed by atoms with E-state index in [4.69, 9.17) is 4.74 Å². The summed E-state index contributed by atoms with van der Waals surface area (Å²) in [5.41, 5.74) is 1.10. The third-order valence-electron chi connectivity index (χ3n) is 4.33. The van der Waals surface area contributed by atoms with Gasteiger partial charge >= 0.3 is 12.1 Å². The van der Waals surface area contributed by atoms with Crippen molar-refractivity contribution in [2.75, 3.05) is 0 Å². The average molecular weight is 413 g/mol. The zero-order valence-corrected chi connectivity index (χ0v) is 15.8. The molecule has 7 heteroatoms. The molecule has 0 saturated heterocycles. The molecule has 0 N–H and O–H groups in total. The number of halogens is 3. The number of para-hydroxylation sites is 1. The molecule has 3 nitrogen and oxygen atoms in total. The summed E-state index contributed by atoms with van der Waals surface area (Å²) in [6.45, 7) is -0.256. The Bertz CT molecular complexity index is 1170. The van der Waals surface area contributed by atoms with Gasteiger partial charge in [0.2, 0.25) is 0 Å². The first-order valence-electron chi connectivity index (χ1n) is 8.69. The van der Waals surface area contributed by atoms with Crippen molar-refractivity contribution in [1.82, 2.24) is 4.98 Å². The van der Waals surface area contributed by atoms with Crippen molar-refractivity contribution >= 4 is 28.2 Å². The predicted octanol–water partition coefficient (Wildman–Crippen LogP) is 6.34. The number of fused-ring (bicyclic) bond motifs is 1. The summed E-state index contributed by atoms with van der Waals surface area (Å²) in [4.78, 5) is 18.3. The van der Waals surface area contributed by atoms with Gasteiger partial charge in [0.25, 0.3) is 0 Å². The van der Waals surface area contributed by atoms with E-state index < -0.39 is 17.7 Å². The van der Waals surface area contributed by atoms with Crippen LogP contribution in [0.3, 0.4) is 0 Å². The maximum atomic E-state index is 12.9. The Morgan fingerprint density at radius 1 is 1.00 bits per heavy atom. The number of carbonyl (C=O) groups is 1. The molecule has 0 aliphatic heterocycles. The smallest absolute Gasteiger partial charge is 0.416 e. The molecule has 0 amide bonds. The summed E-state index contributed by atoms with van der Waals surface area (Å²) in [6.07, 6.45) is -4.45. The minimum atomic E-state index is -4.45. The molecular formula is C22H14F3NO2S. The molecule has 146 valence electrons. The van der Waals surface area contributed by atoms with Gasteiger partial charge in [0.05, 0.1) is 27.2 Å². The summed E-state index contributed by atoms with van der Waals surface area (Å²) >= 11 is 1.50. The fourth-order valence-electron chi connectivity index (χ4n) is 2.96. The Morgan fingerprint density at radius 3 is 2.59 bits per heavy atom. The van der Waals surface area contributed by atoms with Crippen LogP contribution in [0.4, 0.5) is 13.2 Å². The van der Waals surface area contributed by atoms with Crippen LogP contribution in [0.1, 0.15) is 21.5 Å². The van der Waals surface area contributed by atoms with Crippen molar-refractivity contribution < 1.29 is 22.7 Å². The molecule has 2 aromatic carbocycles. The predicted molar refractivity (Wildman–Crippen MR) is 106 cm³/mol. The lowest BCUT2D eigenvalue weighted by molar-refractivity contribution is -0.137. The molecule has 0 aliphatic carbocycles. The number of ether oxygens (including phenoxy) is 1. The van der Waals surface area contributed by atoms with Gasteiger partial charge in [-0.2, -0.15) is 13.2 Å². The van der Waals surface area contributed by atoms with Crippen LogP contribution in [0.25, 0.3) is 21.5 Å². The van der Waals surface area contributed by atoms with Gasteiger partial charge in [-0.15, -0.1) is 11.3 Å². The van der Waals surface area contributed by atoms with E-state index in [1.54, 1.807) is 24.3 Å². The fourth-order valence-corrected chi connectivity index (χ4v) is 3.65. The summed E-state index contributed by atoms with van der Waals surface area (Å²) in [5.74, 6) is -0.612. The molecule has 29 heavy (non-hydrogen) atoms. The van der Waals surface area contributed by atoms with Crippen LogP contribution in [0, 0.1) is 0 Å². The number of nitrogens with zero attached hydrogens (tertiary/aromatic N) is 1. The van der Waals surface area contributed by atoms with E-state index in [2.05, 4.69) is 4.98 Å². The van der Waals surface area contributed by atoms with E-state index in [1.807, 2.05) is 23.6 Å². The largest absolute Gasteiger partial charge is 0.457 e. The number of rotatable bonds is 4. The topological polar surface area (TPSA) is 39.2 Å². The molecular weight excluding hydrogens is 399 g/mol. The number of aromatic nitrogens is 1. The Balaban J connectivity index is 1.63. The molecule has 0 fully saturated rings. The Hall–Kier alpha value is -3.19. The van der Waals surface area contributed by atoms with E-state index in [0.29, 0.717) is 22.2 Å². The average Bonchev–Trinajstić information content (AvgIpc) is 3.26. The normalized spacial score (nSPS) is 11.6. The van der Waals surface area contributed by atoms with Crippen LogP contribution >= 0.6 is 11.3 Å². The monoisotopic (exact) mass is 413 g/mol. The first kappa shape index (κ1) is 19.1. The van der Waals surface area contributed by atoms with Gasteiger partial charge in [-0.3, -0.25) is 0 Å². The molecule has 0 aliphatic rings. The highest BCUT2D eigenvalue weighted by Crippen LogP contribution is 2.30. The standard InChI is InChI=1S/C22H14F3NO2S/c23-22(24,25)15-6-3-5-14(11-15)13-28-21(27)17-12-19(20-9-4-10-29-20)26-18-8-2-1-7-16(17)18/h1-12H,13H2. The van der Waals surface area contributed by atoms with Crippen LogP contribution in [0.2, 0.25) is 0 Å². The maximum absolute atomic E-state index is 12.9. The van der Waals surface area contributed by atoms with E-state index in [9.17, 15) is 18.0 Å². The first-order chi connectivity index (χ1) is 13.9. The molecule has 4 aromatic rings. The summed E-state index contributed by atoms with van der Waals surface area (Å²) in [7, 11) is 0. The van der Waals surface area contributed by atoms with Crippen molar-refractivity contribution in [3.63, 3.8) is 0 Å². The van der Waals surface area contributed by atoms with Crippen LogP contribution in [0.5, 0.6) is 0 Å². The molecule has 0 radical (unpaired) electrons. The van der Waals surface area contributed by atoms with Crippen molar-refractivity contribution in [3.05, 3.63) is 88.8 Å². The zero-order chi connectivity index (χ0) is 20.4. The Morgan fingerprint density at radius 2 is 1.83 bits per heavy atom. The van der Waals surface area contributed by atoms with Crippen molar-refractivity contribution in [3.8, 4) is 10.6 Å². The fraction of sp³-hybridized carbons (Fsp3) is 0.0909. The van der Waals surface area contributed by atoms with Gasteiger partial charge in [-0.05, 0) is 41.3 Å². The van der Waals surface area contributed by atoms with Gasteiger partial charge in [-0.1, -0.05) is 36.4 Å². The molecule has 4 rings (SSSR count). The number of pyridine rings is 1. The number of alkyl halides is 3. The Labute approximate surface area is 168 Å². The molecule has 0 unspecified atom stereocenters. The second kappa shape index (κ2) is 7.67. The molecule has 0 atom stereocenters. The maximum Gasteiger partial charge on any atom is 0.416 e. The van der Waals surface area contributed by atoms with E-state index >= 15 is 0 Å². The number of benzene rings is 2. The van der Waals surface area contributed by atoms with Gasteiger partial charge in [-0.25, -0.2) is 9.78 Å². The SMILES string of the molecule is O=C(OCc1cccc(C(F)(F)F)c1)c1cc(-c2cccs2)nc2ccccc12. The highest BCUT2D eigenvalue weighted by Gasteiger charge is 2.30. The molecule has 0 saturated carbocycles. The molecule has 0 bridgehead atoms. The molecule has 2 heterocycles. The highest BCUT2D eigenvalue weighted by molar-refractivity contribution is 7.13. The molecule has 0 spiro atoms.